The Morgan fingerprint density at radius 2 is 0.717 bits per heavy atom. The molecule has 0 N–H and O–H groups in total. The third kappa shape index (κ3) is 6.53. The highest BCUT2D eigenvalue weighted by molar-refractivity contribution is 5.90. The Morgan fingerprint density at radius 3 is 1.25 bits per heavy atom. The van der Waals surface area contributed by atoms with E-state index in [0.29, 0.717) is 0 Å². The zero-order chi connectivity index (χ0) is 40.7. The van der Waals surface area contributed by atoms with E-state index in [2.05, 4.69) is 256 Å². The third-order valence-corrected chi connectivity index (χ3v) is 12.3. The molecule has 60 heavy (non-hydrogen) atoms. The van der Waals surface area contributed by atoms with Gasteiger partial charge in [0.25, 0.3) is 0 Å². The summed E-state index contributed by atoms with van der Waals surface area (Å²) >= 11 is 0. The van der Waals surface area contributed by atoms with Crippen molar-refractivity contribution in [2.45, 2.75) is 31.6 Å². The summed E-state index contributed by atoms with van der Waals surface area (Å²) in [6.07, 6.45) is 0. The average molecular weight is 770 g/mol. The Morgan fingerprint density at radius 1 is 0.317 bits per heavy atom. The van der Waals surface area contributed by atoms with Gasteiger partial charge in [0.05, 0.1) is 5.41 Å². The fourth-order valence-electron chi connectivity index (χ4n) is 9.27. The molecule has 0 atom stereocenters. The van der Waals surface area contributed by atoms with Crippen molar-refractivity contribution >= 4 is 17.1 Å². The summed E-state index contributed by atoms with van der Waals surface area (Å²) in [4.78, 5) is 2.43. The number of benzene rings is 9. The molecule has 1 aliphatic rings. The number of hydrogen-bond acceptors (Lipinski definition) is 1. The monoisotopic (exact) mass is 769 g/mol. The number of hydrogen-bond donors (Lipinski definition) is 0. The number of rotatable bonds is 8. The van der Waals surface area contributed by atoms with Gasteiger partial charge in [-0.1, -0.05) is 215 Å². The van der Waals surface area contributed by atoms with Gasteiger partial charge in [-0.15, -0.1) is 0 Å². The van der Waals surface area contributed by atoms with Gasteiger partial charge in [-0.25, -0.2) is 0 Å². The highest BCUT2D eigenvalue weighted by Gasteiger charge is 2.47. The van der Waals surface area contributed by atoms with Crippen LogP contribution in [0.2, 0.25) is 0 Å². The van der Waals surface area contributed by atoms with Crippen LogP contribution >= 0.6 is 0 Å². The first-order chi connectivity index (χ1) is 29.4. The van der Waals surface area contributed by atoms with E-state index in [0.717, 1.165) is 17.1 Å². The lowest BCUT2D eigenvalue weighted by atomic mass is 9.67. The van der Waals surface area contributed by atoms with E-state index in [9.17, 15) is 0 Å². The summed E-state index contributed by atoms with van der Waals surface area (Å²) < 4.78 is 0. The Kier molecular flexibility index (Phi) is 9.38. The molecular weight excluding hydrogens is 723 g/mol. The van der Waals surface area contributed by atoms with E-state index < -0.39 is 5.41 Å². The van der Waals surface area contributed by atoms with Crippen LogP contribution in [0.15, 0.2) is 231 Å². The van der Waals surface area contributed by atoms with Crippen molar-refractivity contribution in [3.63, 3.8) is 0 Å². The van der Waals surface area contributed by atoms with Crippen LogP contribution in [0.4, 0.5) is 17.1 Å². The number of fused-ring (bicyclic) bond motifs is 3. The van der Waals surface area contributed by atoms with Crippen LogP contribution in [-0.2, 0) is 10.8 Å². The molecule has 0 aliphatic heterocycles. The molecule has 0 fully saturated rings. The summed E-state index contributed by atoms with van der Waals surface area (Å²) in [6.45, 7) is 6.94. The second-order valence-electron chi connectivity index (χ2n) is 17.0. The lowest BCUT2D eigenvalue weighted by Crippen LogP contribution is -2.29. The van der Waals surface area contributed by atoms with Crippen LogP contribution in [0, 0.1) is 0 Å². The van der Waals surface area contributed by atoms with Crippen molar-refractivity contribution in [1.82, 2.24) is 0 Å². The van der Waals surface area contributed by atoms with Crippen LogP contribution in [0.5, 0.6) is 0 Å². The summed E-state index contributed by atoms with van der Waals surface area (Å²) in [5, 5.41) is 0. The summed E-state index contributed by atoms with van der Waals surface area (Å²) in [7, 11) is 0. The molecule has 0 bridgehead atoms. The molecule has 0 unspecified atom stereocenters. The zero-order valence-corrected chi connectivity index (χ0v) is 34.4. The minimum atomic E-state index is -0.530. The van der Waals surface area contributed by atoms with Crippen LogP contribution in [0.3, 0.4) is 0 Å². The van der Waals surface area contributed by atoms with E-state index in [4.69, 9.17) is 0 Å². The topological polar surface area (TPSA) is 3.24 Å². The second-order valence-corrected chi connectivity index (χ2v) is 17.0. The van der Waals surface area contributed by atoms with Crippen molar-refractivity contribution in [1.29, 1.82) is 0 Å². The molecule has 1 aliphatic carbocycles. The molecule has 9 aromatic carbocycles. The molecule has 1 heteroatoms. The van der Waals surface area contributed by atoms with Crippen molar-refractivity contribution in [2.75, 3.05) is 4.90 Å². The van der Waals surface area contributed by atoms with Gasteiger partial charge in [-0.2, -0.15) is 0 Å². The highest BCUT2D eigenvalue weighted by Crippen LogP contribution is 2.58. The fraction of sp³-hybridized carbons (Fsp3) is 0.0847. The fourth-order valence-corrected chi connectivity index (χ4v) is 9.27. The summed E-state index contributed by atoms with van der Waals surface area (Å²) in [5.41, 5.74) is 19.0. The van der Waals surface area contributed by atoms with Gasteiger partial charge < -0.3 is 4.90 Å². The van der Waals surface area contributed by atoms with Crippen molar-refractivity contribution < 1.29 is 0 Å². The molecule has 10 rings (SSSR count). The van der Waals surface area contributed by atoms with E-state index in [1.165, 1.54) is 72.3 Å². The smallest absolute Gasteiger partial charge is 0.0714 e. The van der Waals surface area contributed by atoms with Gasteiger partial charge in [0.2, 0.25) is 0 Å². The predicted molar refractivity (Wildman–Crippen MR) is 253 cm³/mol. The van der Waals surface area contributed by atoms with Crippen LogP contribution < -0.4 is 4.90 Å². The SMILES string of the molecule is CC(C)(C)c1ccc2c(c1)C(c1ccccc1)(c1ccccc1)c1cc(N(c3ccc(-c4ccc(-c5ccccc5)cc4)cc3)c3cccc(-c4ccccc4)c3)ccc1-2. The quantitative estimate of drug-likeness (QED) is 0.149. The van der Waals surface area contributed by atoms with Crippen LogP contribution in [0.25, 0.3) is 44.5 Å². The van der Waals surface area contributed by atoms with E-state index in [-0.39, 0.29) is 5.41 Å². The van der Waals surface area contributed by atoms with Crippen molar-refractivity contribution in [3.8, 4) is 44.5 Å². The first-order valence-corrected chi connectivity index (χ1v) is 21.0. The van der Waals surface area contributed by atoms with Crippen molar-refractivity contribution in [3.05, 3.63) is 258 Å². The van der Waals surface area contributed by atoms with E-state index in [1.807, 2.05) is 0 Å². The van der Waals surface area contributed by atoms with Gasteiger partial charge in [-0.3, -0.25) is 0 Å². The van der Waals surface area contributed by atoms with E-state index in [1.54, 1.807) is 0 Å². The first kappa shape index (κ1) is 37.1. The lowest BCUT2D eigenvalue weighted by Gasteiger charge is -2.35. The maximum atomic E-state index is 2.49. The molecule has 0 radical (unpaired) electrons. The maximum Gasteiger partial charge on any atom is 0.0714 e. The molecule has 0 heterocycles. The van der Waals surface area contributed by atoms with Crippen molar-refractivity contribution in [2.24, 2.45) is 0 Å². The minimum absolute atomic E-state index is 0.00918. The van der Waals surface area contributed by atoms with Gasteiger partial charge in [0, 0.05) is 17.1 Å². The minimum Gasteiger partial charge on any atom is -0.310 e. The molecular formula is C59H47N. The zero-order valence-electron chi connectivity index (χ0n) is 34.4. The normalized spacial score (nSPS) is 12.7. The van der Waals surface area contributed by atoms with Gasteiger partial charge >= 0.3 is 0 Å². The molecule has 288 valence electrons. The average Bonchev–Trinajstić information content (AvgIpc) is 3.60. The third-order valence-electron chi connectivity index (χ3n) is 12.3. The Labute approximate surface area is 354 Å². The van der Waals surface area contributed by atoms with Gasteiger partial charge in [-0.05, 0) is 114 Å². The van der Waals surface area contributed by atoms with Crippen LogP contribution in [0.1, 0.15) is 48.6 Å². The van der Waals surface area contributed by atoms with E-state index >= 15 is 0 Å². The van der Waals surface area contributed by atoms with Gasteiger partial charge in [0.1, 0.15) is 0 Å². The predicted octanol–water partition coefficient (Wildman–Crippen LogP) is 15.8. The molecule has 9 aromatic rings. The number of anilines is 3. The summed E-state index contributed by atoms with van der Waals surface area (Å²) in [6, 6.07) is 84.8. The molecule has 0 spiro atoms. The van der Waals surface area contributed by atoms with Gasteiger partial charge in [0.15, 0.2) is 0 Å². The molecule has 0 aromatic heterocycles. The largest absolute Gasteiger partial charge is 0.310 e. The molecule has 0 saturated heterocycles. The second kappa shape index (κ2) is 15.2. The molecule has 1 nitrogen and oxygen atoms in total. The maximum absolute atomic E-state index is 2.49. The van der Waals surface area contributed by atoms with Crippen LogP contribution in [-0.4, -0.2) is 0 Å². The summed E-state index contributed by atoms with van der Waals surface area (Å²) in [5.74, 6) is 0. The number of nitrogens with zero attached hydrogens (tertiary/aromatic N) is 1. The molecule has 0 amide bonds. The highest BCUT2D eigenvalue weighted by atomic mass is 15.1. The lowest BCUT2D eigenvalue weighted by molar-refractivity contribution is 0.588. The first-order valence-electron chi connectivity index (χ1n) is 21.0. The Hall–Kier alpha value is -7.22. The standard InChI is InChI=1S/C59H47N/c1-58(2,3)50-33-37-54-55-38-36-53(41-57(55)59(56(54)40-50,48-22-12-6-13-23-48)49-24-14-7-15-25-49)60(52-26-16-21-47(39-52)43-19-10-5-11-20-43)51-34-31-46(32-35-51)45-29-27-44(28-30-45)42-17-8-4-9-18-42/h4-41H,1-3H3. The molecule has 0 saturated carbocycles. The Bertz CT molecular complexity index is 2870. The Balaban J connectivity index is 1.16.